The molecule has 186 valence electrons. The van der Waals surface area contributed by atoms with Gasteiger partial charge in [0, 0.05) is 50.0 Å². The largest absolute Gasteiger partial charge is 0.306 e. The van der Waals surface area contributed by atoms with Crippen molar-refractivity contribution in [2.24, 2.45) is 0 Å². The second-order valence-electron chi connectivity index (χ2n) is 9.05. The van der Waals surface area contributed by atoms with Crippen molar-refractivity contribution < 1.29 is 14.4 Å². The van der Waals surface area contributed by atoms with Crippen LogP contribution in [0.3, 0.4) is 0 Å². The summed E-state index contributed by atoms with van der Waals surface area (Å²) in [6, 6.07) is 29.3. The van der Waals surface area contributed by atoms with Crippen LogP contribution in [0.2, 0.25) is 5.02 Å². The Morgan fingerprint density at radius 1 is 0.789 bits per heavy atom. The van der Waals surface area contributed by atoms with Crippen molar-refractivity contribution in [3.05, 3.63) is 123 Å². The predicted octanol–water partition coefficient (Wildman–Crippen LogP) is 7.35. The van der Waals surface area contributed by atoms with Crippen LogP contribution in [0.5, 0.6) is 0 Å². The molecular weight excluding hydrogens is 564 g/mol. The molecule has 1 heterocycles. The number of anilines is 1. The Balaban J connectivity index is 1.40. The first-order valence-electron chi connectivity index (χ1n) is 12.1. The van der Waals surface area contributed by atoms with E-state index in [-0.39, 0.29) is 30.8 Å². The van der Waals surface area contributed by atoms with E-state index in [1.165, 1.54) is 4.90 Å². The van der Waals surface area contributed by atoms with E-state index in [0.717, 1.165) is 20.6 Å². The first kappa shape index (κ1) is 24.3. The fraction of sp³-hybridized carbons (Fsp3) is 0.0645. The summed E-state index contributed by atoms with van der Waals surface area (Å²) < 4.78 is 0.821. The summed E-state index contributed by atoms with van der Waals surface area (Å²) in [5.74, 6) is -1.02. The molecule has 0 aliphatic carbocycles. The molecule has 0 aromatic heterocycles. The Morgan fingerprint density at radius 3 is 2.29 bits per heavy atom. The zero-order valence-corrected chi connectivity index (χ0v) is 22.4. The Hall–Kier alpha value is -4.00. The fourth-order valence-electron chi connectivity index (χ4n) is 5.07. The summed E-state index contributed by atoms with van der Waals surface area (Å²) >= 11 is 9.72. The van der Waals surface area contributed by atoms with Crippen LogP contribution in [0.15, 0.2) is 102 Å². The fourth-order valence-corrected chi connectivity index (χ4v) is 5.72. The van der Waals surface area contributed by atoms with Gasteiger partial charge in [-0.2, -0.15) is 0 Å². The van der Waals surface area contributed by atoms with Gasteiger partial charge < -0.3 is 4.90 Å². The number of fused-ring (bicyclic) bond motifs is 1. The molecule has 0 atom stereocenters. The zero-order chi connectivity index (χ0) is 26.4. The van der Waals surface area contributed by atoms with Gasteiger partial charge in [-0.3, -0.25) is 19.3 Å². The van der Waals surface area contributed by atoms with E-state index in [2.05, 4.69) is 15.9 Å². The maximum atomic E-state index is 13.8. The normalized spacial score (nSPS) is 12.8. The molecule has 1 aliphatic heterocycles. The van der Waals surface area contributed by atoms with Crippen LogP contribution in [0, 0.1) is 0 Å². The molecule has 0 spiro atoms. The van der Waals surface area contributed by atoms with Crippen LogP contribution in [0.25, 0.3) is 21.5 Å². The number of carbonyl (C=O) groups is 3. The quantitative estimate of drug-likeness (QED) is 0.203. The number of hydrogen-bond donors (Lipinski definition) is 0. The molecule has 3 amide bonds. The average molecular weight is 584 g/mol. The van der Waals surface area contributed by atoms with Crippen LogP contribution in [0.4, 0.5) is 5.69 Å². The van der Waals surface area contributed by atoms with Gasteiger partial charge in [-0.05, 0) is 53.2 Å². The first-order valence-corrected chi connectivity index (χ1v) is 13.2. The molecule has 38 heavy (non-hydrogen) atoms. The second kappa shape index (κ2) is 9.71. The highest BCUT2D eigenvalue weighted by Gasteiger charge is 2.34. The Kier molecular flexibility index (Phi) is 6.22. The topological polar surface area (TPSA) is 57.7 Å². The highest BCUT2D eigenvalue weighted by atomic mass is 79.9. The van der Waals surface area contributed by atoms with Gasteiger partial charge >= 0.3 is 0 Å². The molecule has 5 nitrogen and oxygen atoms in total. The molecule has 7 heteroatoms. The van der Waals surface area contributed by atoms with Gasteiger partial charge in [0.15, 0.2) is 0 Å². The summed E-state index contributed by atoms with van der Waals surface area (Å²) in [7, 11) is 0. The predicted molar refractivity (Wildman–Crippen MR) is 154 cm³/mol. The molecule has 0 unspecified atom stereocenters. The summed E-state index contributed by atoms with van der Waals surface area (Å²) in [6.45, 7) is 0.137. The molecule has 1 aliphatic rings. The number of benzene rings is 5. The highest BCUT2D eigenvalue weighted by molar-refractivity contribution is 9.10. The van der Waals surface area contributed by atoms with E-state index >= 15 is 0 Å². The SMILES string of the molecule is O=C1c2cccc3c(Br)ccc(c23)C(=O)N1CCN(C(=O)c1cccc(Cl)c1)c1cccc2ccccc12. The van der Waals surface area contributed by atoms with Gasteiger partial charge in [0.2, 0.25) is 0 Å². The molecule has 0 N–H and O–H groups in total. The Bertz CT molecular complexity index is 1760. The number of hydrogen-bond acceptors (Lipinski definition) is 3. The maximum absolute atomic E-state index is 13.8. The lowest BCUT2D eigenvalue weighted by atomic mass is 9.94. The molecule has 0 saturated heterocycles. The highest BCUT2D eigenvalue weighted by Crippen LogP contribution is 2.35. The van der Waals surface area contributed by atoms with Crippen LogP contribution in [-0.2, 0) is 0 Å². The van der Waals surface area contributed by atoms with Gasteiger partial charge in [-0.1, -0.05) is 82.1 Å². The third-order valence-electron chi connectivity index (χ3n) is 6.86. The molecule has 0 radical (unpaired) electrons. The number of imide groups is 1. The van der Waals surface area contributed by atoms with Gasteiger partial charge in [-0.15, -0.1) is 0 Å². The van der Waals surface area contributed by atoms with Gasteiger partial charge in [0.05, 0.1) is 5.69 Å². The minimum Gasteiger partial charge on any atom is -0.306 e. The number of nitrogens with zero attached hydrogens (tertiary/aromatic N) is 2. The lowest BCUT2D eigenvalue weighted by Crippen LogP contribution is -2.46. The minimum atomic E-state index is -0.376. The molecule has 5 aromatic rings. The smallest absolute Gasteiger partial charge is 0.261 e. The molecule has 0 fully saturated rings. The van der Waals surface area contributed by atoms with E-state index in [1.54, 1.807) is 41.3 Å². The van der Waals surface area contributed by atoms with Crippen molar-refractivity contribution in [2.45, 2.75) is 0 Å². The van der Waals surface area contributed by atoms with E-state index in [4.69, 9.17) is 11.6 Å². The van der Waals surface area contributed by atoms with Crippen LogP contribution in [-0.4, -0.2) is 35.7 Å². The van der Waals surface area contributed by atoms with Crippen molar-refractivity contribution in [3.8, 4) is 0 Å². The molecular formula is C31H20BrClN2O3. The second-order valence-corrected chi connectivity index (χ2v) is 10.3. The van der Waals surface area contributed by atoms with E-state index < -0.39 is 0 Å². The van der Waals surface area contributed by atoms with Gasteiger partial charge in [0.25, 0.3) is 17.7 Å². The monoisotopic (exact) mass is 582 g/mol. The molecule has 6 rings (SSSR count). The van der Waals surface area contributed by atoms with Crippen molar-refractivity contribution in [3.63, 3.8) is 0 Å². The molecule has 0 bridgehead atoms. The summed E-state index contributed by atoms with van der Waals surface area (Å²) in [5, 5.41) is 3.78. The maximum Gasteiger partial charge on any atom is 0.261 e. The Labute approximate surface area is 232 Å². The summed E-state index contributed by atoms with van der Waals surface area (Å²) in [6.07, 6.45) is 0. The van der Waals surface area contributed by atoms with E-state index in [9.17, 15) is 14.4 Å². The van der Waals surface area contributed by atoms with Crippen molar-refractivity contribution >= 4 is 72.5 Å². The number of carbonyl (C=O) groups excluding carboxylic acids is 3. The number of halogens is 2. The minimum absolute atomic E-state index is 0.0269. The third kappa shape index (κ3) is 4.06. The average Bonchev–Trinajstić information content (AvgIpc) is 2.94. The third-order valence-corrected chi connectivity index (χ3v) is 7.79. The van der Waals surface area contributed by atoms with Crippen LogP contribution < -0.4 is 4.90 Å². The van der Waals surface area contributed by atoms with Crippen LogP contribution >= 0.6 is 27.5 Å². The Morgan fingerprint density at radius 2 is 1.47 bits per heavy atom. The lowest BCUT2D eigenvalue weighted by Gasteiger charge is -2.31. The standard InChI is InChI=1S/C31H20BrClN2O3/c32-26-15-14-25-28-23(26)11-5-12-24(28)30(37)35(31(25)38)17-16-34(29(36)20-8-3-9-21(33)18-20)27-13-4-7-19-6-1-2-10-22(19)27/h1-15,18H,16-17H2. The number of amides is 3. The van der Waals surface area contributed by atoms with E-state index in [1.807, 2.05) is 60.7 Å². The van der Waals surface area contributed by atoms with Crippen molar-refractivity contribution in [1.82, 2.24) is 4.90 Å². The molecule has 0 saturated carbocycles. The first-order chi connectivity index (χ1) is 18.4. The zero-order valence-electron chi connectivity index (χ0n) is 20.0. The summed E-state index contributed by atoms with van der Waals surface area (Å²) in [4.78, 5) is 43.8. The van der Waals surface area contributed by atoms with E-state index in [0.29, 0.717) is 32.8 Å². The summed E-state index contributed by atoms with van der Waals surface area (Å²) in [5.41, 5.74) is 2.05. The lowest BCUT2D eigenvalue weighted by molar-refractivity contribution is 0.0611. The van der Waals surface area contributed by atoms with Crippen LogP contribution in [0.1, 0.15) is 31.1 Å². The van der Waals surface area contributed by atoms with Gasteiger partial charge in [-0.25, -0.2) is 0 Å². The number of rotatable bonds is 5. The molecule has 5 aromatic carbocycles. The van der Waals surface area contributed by atoms with Crippen molar-refractivity contribution in [1.29, 1.82) is 0 Å². The van der Waals surface area contributed by atoms with Gasteiger partial charge in [0.1, 0.15) is 0 Å². The van der Waals surface area contributed by atoms with Crippen molar-refractivity contribution in [2.75, 3.05) is 18.0 Å².